The summed E-state index contributed by atoms with van der Waals surface area (Å²) in [4.78, 5) is 16.3. The first kappa shape index (κ1) is 23.6. The molecule has 178 valence electrons. The van der Waals surface area contributed by atoms with Crippen LogP contribution >= 0.6 is 0 Å². The third-order valence-corrected chi connectivity index (χ3v) is 5.22. The normalized spacial score (nSPS) is 11.2. The standard InChI is InChI=1S/C27H24N2O6/c1-18-25(26(27(30)31)29-35-18)21-10-14-23(15-11-21)33-16-19-8-12-22(13-9-19)34-17-24(28-32-2)20-6-4-3-5-7-20/h3-15H,16-17H2,1-2H3,(H,30,31)/b28-24+. The van der Waals surface area contributed by atoms with Gasteiger partial charge >= 0.3 is 5.97 Å². The average Bonchev–Trinajstić information content (AvgIpc) is 3.28. The third kappa shape index (κ3) is 5.86. The number of benzene rings is 3. The molecule has 0 saturated carbocycles. The quantitative estimate of drug-likeness (QED) is 0.245. The number of rotatable bonds is 10. The maximum absolute atomic E-state index is 11.4. The Balaban J connectivity index is 1.34. The minimum absolute atomic E-state index is 0.108. The van der Waals surface area contributed by atoms with Crippen LogP contribution in [-0.4, -0.2) is 35.7 Å². The van der Waals surface area contributed by atoms with Crippen molar-refractivity contribution in [1.82, 2.24) is 5.16 Å². The molecule has 35 heavy (non-hydrogen) atoms. The van der Waals surface area contributed by atoms with Crippen LogP contribution in [-0.2, 0) is 11.4 Å². The van der Waals surface area contributed by atoms with E-state index < -0.39 is 5.97 Å². The van der Waals surface area contributed by atoms with Crippen molar-refractivity contribution in [3.8, 4) is 22.6 Å². The Morgan fingerprint density at radius 1 is 0.943 bits per heavy atom. The van der Waals surface area contributed by atoms with E-state index in [4.69, 9.17) is 18.8 Å². The lowest BCUT2D eigenvalue weighted by Crippen LogP contribution is -2.13. The first-order valence-electron chi connectivity index (χ1n) is 10.8. The molecule has 1 N–H and O–H groups in total. The van der Waals surface area contributed by atoms with Crippen molar-refractivity contribution in [3.63, 3.8) is 0 Å². The lowest BCUT2D eigenvalue weighted by Gasteiger charge is -2.10. The summed E-state index contributed by atoms with van der Waals surface area (Å²) in [6, 6.07) is 24.5. The highest BCUT2D eigenvalue weighted by atomic mass is 16.6. The van der Waals surface area contributed by atoms with Gasteiger partial charge in [-0.25, -0.2) is 4.79 Å². The van der Waals surface area contributed by atoms with Gasteiger partial charge in [-0.3, -0.25) is 0 Å². The van der Waals surface area contributed by atoms with Crippen molar-refractivity contribution in [3.05, 3.63) is 101 Å². The molecule has 4 rings (SSSR count). The molecule has 0 saturated heterocycles. The number of aromatic carboxylic acids is 1. The number of hydrogen-bond donors (Lipinski definition) is 1. The molecule has 0 unspecified atom stereocenters. The zero-order chi connectivity index (χ0) is 24.6. The second-order valence-corrected chi connectivity index (χ2v) is 7.60. The Bertz CT molecular complexity index is 1300. The molecule has 0 aliphatic heterocycles. The van der Waals surface area contributed by atoms with Crippen molar-refractivity contribution in [2.24, 2.45) is 5.16 Å². The number of aromatic nitrogens is 1. The van der Waals surface area contributed by atoms with Crippen LogP contribution in [0, 0.1) is 6.92 Å². The topological polar surface area (TPSA) is 103 Å². The molecule has 8 heteroatoms. The molecule has 0 fully saturated rings. The molecule has 0 bridgehead atoms. The smallest absolute Gasteiger partial charge is 0.358 e. The van der Waals surface area contributed by atoms with Crippen LogP contribution in [0.4, 0.5) is 0 Å². The van der Waals surface area contributed by atoms with Gasteiger partial charge in [-0.1, -0.05) is 64.9 Å². The maximum atomic E-state index is 11.4. The summed E-state index contributed by atoms with van der Waals surface area (Å²) in [6.45, 7) is 2.32. The van der Waals surface area contributed by atoms with Crippen LogP contribution in [0.1, 0.15) is 27.4 Å². The molecule has 0 atom stereocenters. The molecule has 0 aliphatic carbocycles. The molecule has 4 aromatic rings. The van der Waals surface area contributed by atoms with E-state index in [1.807, 2.05) is 54.6 Å². The number of hydrogen-bond acceptors (Lipinski definition) is 7. The predicted molar refractivity (Wildman–Crippen MR) is 130 cm³/mol. The number of ether oxygens (including phenoxy) is 2. The van der Waals surface area contributed by atoms with Gasteiger partial charge in [-0.15, -0.1) is 0 Å². The summed E-state index contributed by atoms with van der Waals surface area (Å²) in [7, 11) is 1.51. The number of carboxylic acid groups (broad SMARTS) is 1. The van der Waals surface area contributed by atoms with Crippen LogP contribution in [0.2, 0.25) is 0 Å². The van der Waals surface area contributed by atoms with Gasteiger partial charge in [0.1, 0.15) is 43.3 Å². The van der Waals surface area contributed by atoms with Crippen molar-refractivity contribution in [1.29, 1.82) is 0 Å². The van der Waals surface area contributed by atoms with E-state index in [0.717, 1.165) is 11.1 Å². The fourth-order valence-corrected chi connectivity index (χ4v) is 3.48. The van der Waals surface area contributed by atoms with Gasteiger partial charge in [0.25, 0.3) is 0 Å². The first-order chi connectivity index (χ1) is 17.0. The van der Waals surface area contributed by atoms with Crippen LogP contribution in [0.15, 0.2) is 88.5 Å². The number of oxime groups is 1. The maximum Gasteiger partial charge on any atom is 0.358 e. The van der Waals surface area contributed by atoms with E-state index >= 15 is 0 Å². The van der Waals surface area contributed by atoms with E-state index in [1.54, 1.807) is 31.2 Å². The van der Waals surface area contributed by atoms with Gasteiger partial charge in [-0.2, -0.15) is 0 Å². The largest absolute Gasteiger partial charge is 0.489 e. The van der Waals surface area contributed by atoms with Gasteiger partial charge in [0.05, 0.1) is 5.56 Å². The monoisotopic (exact) mass is 472 g/mol. The van der Waals surface area contributed by atoms with Gasteiger partial charge < -0.3 is 23.9 Å². The van der Waals surface area contributed by atoms with Crippen molar-refractivity contribution >= 4 is 11.7 Å². The third-order valence-electron chi connectivity index (χ3n) is 5.22. The zero-order valence-electron chi connectivity index (χ0n) is 19.3. The second kappa shape index (κ2) is 11.0. The van der Waals surface area contributed by atoms with E-state index in [2.05, 4.69) is 10.3 Å². The van der Waals surface area contributed by atoms with E-state index in [1.165, 1.54) is 7.11 Å². The Hall–Kier alpha value is -4.59. The lowest BCUT2D eigenvalue weighted by atomic mass is 10.0. The molecule has 1 heterocycles. The Morgan fingerprint density at radius 2 is 1.60 bits per heavy atom. The molecule has 3 aromatic carbocycles. The molecule has 0 spiro atoms. The fraction of sp³-hybridized carbons (Fsp3) is 0.148. The van der Waals surface area contributed by atoms with Crippen molar-refractivity contribution < 1.29 is 28.7 Å². The molecular weight excluding hydrogens is 448 g/mol. The SMILES string of the molecule is CO/N=C(\COc1ccc(COc2ccc(-c3c(C(=O)O)noc3C)cc2)cc1)c1ccccc1. The van der Waals surface area contributed by atoms with Crippen molar-refractivity contribution in [2.75, 3.05) is 13.7 Å². The number of carboxylic acids is 1. The predicted octanol–water partition coefficient (Wildman–Crippen LogP) is 5.36. The van der Waals surface area contributed by atoms with E-state index in [9.17, 15) is 9.90 Å². The van der Waals surface area contributed by atoms with Crippen LogP contribution < -0.4 is 9.47 Å². The summed E-state index contributed by atoms with van der Waals surface area (Å²) in [6.07, 6.45) is 0. The second-order valence-electron chi connectivity index (χ2n) is 7.60. The number of aryl methyl sites for hydroxylation is 1. The Kier molecular flexibility index (Phi) is 7.42. The number of carbonyl (C=O) groups is 1. The lowest BCUT2D eigenvalue weighted by molar-refractivity contribution is 0.0686. The fourth-order valence-electron chi connectivity index (χ4n) is 3.48. The minimum Gasteiger partial charge on any atom is -0.489 e. The highest BCUT2D eigenvalue weighted by Gasteiger charge is 2.20. The molecule has 0 radical (unpaired) electrons. The van der Waals surface area contributed by atoms with Crippen LogP contribution in [0.3, 0.4) is 0 Å². The molecule has 0 amide bonds. The summed E-state index contributed by atoms with van der Waals surface area (Å²) in [5.74, 6) is 0.675. The van der Waals surface area contributed by atoms with Gasteiger partial charge in [0.2, 0.25) is 0 Å². The highest BCUT2D eigenvalue weighted by Crippen LogP contribution is 2.29. The Morgan fingerprint density at radius 3 is 2.26 bits per heavy atom. The highest BCUT2D eigenvalue weighted by molar-refractivity contribution is 6.01. The summed E-state index contributed by atoms with van der Waals surface area (Å²) < 4.78 is 16.8. The molecular formula is C27H24N2O6. The molecule has 0 aliphatic rings. The van der Waals surface area contributed by atoms with Crippen LogP contribution in [0.5, 0.6) is 11.5 Å². The number of nitrogens with zero attached hydrogens (tertiary/aromatic N) is 2. The van der Waals surface area contributed by atoms with Crippen LogP contribution in [0.25, 0.3) is 11.1 Å². The minimum atomic E-state index is -1.13. The van der Waals surface area contributed by atoms with E-state index in [0.29, 0.717) is 40.7 Å². The summed E-state index contributed by atoms with van der Waals surface area (Å²) in [5, 5.41) is 17.0. The molecule has 1 aromatic heterocycles. The van der Waals surface area contributed by atoms with Gasteiger partial charge in [0, 0.05) is 5.56 Å². The zero-order valence-corrected chi connectivity index (χ0v) is 19.3. The average molecular weight is 472 g/mol. The molecule has 8 nitrogen and oxygen atoms in total. The van der Waals surface area contributed by atoms with Gasteiger partial charge in [-0.05, 0) is 42.3 Å². The summed E-state index contributed by atoms with van der Waals surface area (Å²) >= 11 is 0. The van der Waals surface area contributed by atoms with Crippen molar-refractivity contribution in [2.45, 2.75) is 13.5 Å². The first-order valence-corrected chi connectivity index (χ1v) is 10.8. The summed E-state index contributed by atoms with van der Waals surface area (Å²) in [5.41, 5.74) is 3.65. The van der Waals surface area contributed by atoms with Gasteiger partial charge in [0.15, 0.2) is 5.69 Å². The van der Waals surface area contributed by atoms with E-state index in [-0.39, 0.29) is 12.3 Å². The Labute approximate surface area is 202 Å².